The maximum Gasteiger partial charge on any atom is 0.0731 e. The van der Waals surface area contributed by atoms with Gasteiger partial charge in [0.2, 0.25) is 0 Å². The summed E-state index contributed by atoms with van der Waals surface area (Å²) in [5.41, 5.74) is 0. The summed E-state index contributed by atoms with van der Waals surface area (Å²) in [6, 6.07) is 0.175. The molecule has 10 heavy (non-hydrogen) atoms. The van der Waals surface area contributed by atoms with Crippen molar-refractivity contribution in [3.8, 4) is 0 Å². The minimum absolute atomic E-state index is 0.175. The summed E-state index contributed by atoms with van der Waals surface area (Å²) in [4.78, 5) is 2.14. The molecule has 0 aromatic heterocycles. The van der Waals surface area contributed by atoms with E-state index in [-0.39, 0.29) is 12.1 Å². The third-order valence-corrected chi connectivity index (χ3v) is 2.16. The van der Waals surface area contributed by atoms with E-state index in [2.05, 4.69) is 11.5 Å². The molecule has 2 heteroatoms. The molecule has 0 radical (unpaired) electrons. The van der Waals surface area contributed by atoms with Crippen molar-refractivity contribution in [3.63, 3.8) is 0 Å². The van der Waals surface area contributed by atoms with E-state index in [1.54, 1.807) is 0 Å². The largest absolute Gasteiger partial charge is 0.391 e. The normalized spacial score (nSPS) is 35.8. The zero-order chi connectivity index (χ0) is 7.56. The van der Waals surface area contributed by atoms with E-state index in [4.69, 9.17) is 0 Å². The summed E-state index contributed by atoms with van der Waals surface area (Å²) in [5.74, 6) is 0. The van der Waals surface area contributed by atoms with Gasteiger partial charge in [0.25, 0.3) is 0 Å². The number of hydrogen-bond acceptors (Lipinski definition) is 2. The number of aliphatic hydroxyl groups is 1. The maximum absolute atomic E-state index is 9.43. The molecule has 1 aliphatic heterocycles. The number of hydrogen-bond donors (Lipinski definition) is 1. The van der Waals surface area contributed by atoms with Crippen LogP contribution in [0.25, 0.3) is 0 Å². The third-order valence-electron chi connectivity index (χ3n) is 2.16. The lowest BCUT2D eigenvalue weighted by Gasteiger charge is -2.34. The molecule has 0 saturated carbocycles. The Morgan fingerprint density at radius 1 is 1.70 bits per heavy atom. The average molecular weight is 141 g/mol. The molecular formula is C8H15NO. The highest BCUT2D eigenvalue weighted by atomic mass is 16.3. The fraction of sp³-hybridized carbons (Fsp3) is 0.750. The van der Waals surface area contributed by atoms with Crippen LogP contribution < -0.4 is 0 Å². The number of aliphatic hydroxyl groups excluding tert-OH is 1. The number of likely N-dealkylation sites (N-methyl/N-ethyl adjacent to an activating group) is 1. The van der Waals surface area contributed by atoms with Crippen LogP contribution in [0.3, 0.4) is 0 Å². The van der Waals surface area contributed by atoms with Crippen molar-refractivity contribution in [2.75, 3.05) is 13.6 Å². The van der Waals surface area contributed by atoms with Gasteiger partial charge in [0.1, 0.15) is 0 Å². The summed E-state index contributed by atoms with van der Waals surface area (Å²) in [5, 5.41) is 9.43. The van der Waals surface area contributed by atoms with Crippen LogP contribution in [-0.4, -0.2) is 35.7 Å². The van der Waals surface area contributed by atoms with Crippen molar-refractivity contribution in [2.45, 2.75) is 25.0 Å². The molecule has 0 spiro atoms. The van der Waals surface area contributed by atoms with Gasteiger partial charge in [0, 0.05) is 0 Å². The van der Waals surface area contributed by atoms with Gasteiger partial charge in [0.05, 0.1) is 12.1 Å². The fourth-order valence-electron chi connectivity index (χ4n) is 1.50. The monoisotopic (exact) mass is 141 g/mol. The first-order chi connectivity index (χ1) is 4.75. The number of nitrogens with zero attached hydrogens (tertiary/aromatic N) is 1. The first-order valence-electron chi connectivity index (χ1n) is 3.76. The van der Waals surface area contributed by atoms with E-state index in [1.807, 2.05) is 13.1 Å². The minimum atomic E-state index is -0.198. The number of likely N-dealkylation sites (tertiary alicyclic amines) is 1. The van der Waals surface area contributed by atoms with Crippen molar-refractivity contribution in [2.24, 2.45) is 0 Å². The SMILES string of the molecule is C=CC1C(O)CCCN1C. The molecule has 0 bridgehead atoms. The molecule has 58 valence electrons. The van der Waals surface area contributed by atoms with Gasteiger partial charge in [0.15, 0.2) is 0 Å². The molecule has 0 aromatic rings. The summed E-state index contributed by atoms with van der Waals surface area (Å²) >= 11 is 0. The van der Waals surface area contributed by atoms with Crippen molar-refractivity contribution in [3.05, 3.63) is 12.7 Å². The lowest BCUT2D eigenvalue weighted by Crippen LogP contribution is -2.44. The lowest BCUT2D eigenvalue weighted by atomic mass is 10.00. The Bertz CT molecular complexity index is 114. The van der Waals surface area contributed by atoms with E-state index in [1.165, 1.54) is 0 Å². The number of rotatable bonds is 1. The third kappa shape index (κ3) is 1.39. The Hall–Kier alpha value is -0.340. The first kappa shape index (κ1) is 7.76. The molecule has 1 aliphatic rings. The van der Waals surface area contributed by atoms with E-state index in [0.29, 0.717) is 0 Å². The molecule has 1 saturated heterocycles. The second-order valence-corrected chi connectivity index (χ2v) is 2.92. The minimum Gasteiger partial charge on any atom is -0.391 e. The highest BCUT2D eigenvalue weighted by molar-refractivity contribution is 4.94. The van der Waals surface area contributed by atoms with Crippen LogP contribution in [0, 0.1) is 0 Å². The van der Waals surface area contributed by atoms with E-state index in [0.717, 1.165) is 19.4 Å². The Morgan fingerprint density at radius 3 is 2.80 bits per heavy atom. The van der Waals surface area contributed by atoms with Gasteiger partial charge in [-0.05, 0) is 26.4 Å². The molecular weight excluding hydrogens is 126 g/mol. The zero-order valence-electron chi connectivity index (χ0n) is 6.45. The predicted molar refractivity (Wildman–Crippen MR) is 41.9 cm³/mol. The highest BCUT2D eigenvalue weighted by Gasteiger charge is 2.23. The van der Waals surface area contributed by atoms with Crippen molar-refractivity contribution in [1.29, 1.82) is 0 Å². The molecule has 1 fully saturated rings. The zero-order valence-corrected chi connectivity index (χ0v) is 6.45. The second-order valence-electron chi connectivity index (χ2n) is 2.92. The van der Waals surface area contributed by atoms with Gasteiger partial charge >= 0.3 is 0 Å². The molecule has 2 unspecified atom stereocenters. The lowest BCUT2D eigenvalue weighted by molar-refractivity contribution is 0.0483. The van der Waals surface area contributed by atoms with Crippen molar-refractivity contribution in [1.82, 2.24) is 4.90 Å². The van der Waals surface area contributed by atoms with Crippen molar-refractivity contribution < 1.29 is 5.11 Å². The van der Waals surface area contributed by atoms with E-state index >= 15 is 0 Å². The predicted octanol–water partition coefficient (Wildman–Crippen LogP) is 0.627. The maximum atomic E-state index is 9.43. The summed E-state index contributed by atoms with van der Waals surface area (Å²) in [6.45, 7) is 4.76. The molecule has 1 N–H and O–H groups in total. The van der Waals surface area contributed by atoms with Gasteiger partial charge in [-0.15, -0.1) is 6.58 Å². The standard InChI is InChI=1S/C8H15NO/c1-3-7-8(10)5-4-6-9(7)2/h3,7-8,10H,1,4-6H2,2H3. The van der Waals surface area contributed by atoms with Gasteiger partial charge in [-0.1, -0.05) is 6.08 Å². The molecule has 2 atom stereocenters. The van der Waals surface area contributed by atoms with Gasteiger partial charge in [-0.25, -0.2) is 0 Å². The van der Waals surface area contributed by atoms with Crippen LogP contribution >= 0.6 is 0 Å². The molecule has 1 rings (SSSR count). The van der Waals surface area contributed by atoms with Gasteiger partial charge in [-0.3, -0.25) is 4.90 Å². The Morgan fingerprint density at radius 2 is 2.40 bits per heavy atom. The summed E-state index contributed by atoms with van der Waals surface area (Å²) in [6.07, 6.45) is 3.64. The van der Waals surface area contributed by atoms with Crippen LogP contribution in [0.5, 0.6) is 0 Å². The second kappa shape index (κ2) is 3.17. The smallest absolute Gasteiger partial charge is 0.0731 e. The summed E-state index contributed by atoms with van der Waals surface area (Å²) < 4.78 is 0. The summed E-state index contributed by atoms with van der Waals surface area (Å²) in [7, 11) is 2.02. The van der Waals surface area contributed by atoms with Crippen molar-refractivity contribution >= 4 is 0 Å². The Kier molecular flexibility index (Phi) is 2.46. The quantitative estimate of drug-likeness (QED) is 0.541. The fourth-order valence-corrected chi connectivity index (χ4v) is 1.50. The first-order valence-corrected chi connectivity index (χ1v) is 3.76. The van der Waals surface area contributed by atoms with Crippen LogP contribution in [0.15, 0.2) is 12.7 Å². The topological polar surface area (TPSA) is 23.5 Å². The molecule has 0 amide bonds. The molecule has 2 nitrogen and oxygen atoms in total. The Labute approximate surface area is 62.2 Å². The van der Waals surface area contributed by atoms with Gasteiger partial charge in [-0.2, -0.15) is 0 Å². The number of piperidine rings is 1. The van der Waals surface area contributed by atoms with Crippen LogP contribution in [0.4, 0.5) is 0 Å². The Balaban J connectivity index is 2.53. The van der Waals surface area contributed by atoms with E-state index in [9.17, 15) is 5.11 Å². The molecule has 0 aromatic carbocycles. The van der Waals surface area contributed by atoms with Crippen LogP contribution in [0.2, 0.25) is 0 Å². The average Bonchev–Trinajstić information content (AvgIpc) is 1.88. The van der Waals surface area contributed by atoms with E-state index < -0.39 is 0 Å². The highest BCUT2D eigenvalue weighted by Crippen LogP contribution is 2.15. The van der Waals surface area contributed by atoms with Crippen LogP contribution in [-0.2, 0) is 0 Å². The van der Waals surface area contributed by atoms with Crippen LogP contribution in [0.1, 0.15) is 12.8 Å². The molecule has 1 heterocycles. The van der Waals surface area contributed by atoms with Gasteiger partial charge < -0.3 is 5.11 Å². The molecule has 0 aliphatic carbocycles.